The summed E-state index contributed by atoms with van der Waals surface area (Å²) in [6, 6.07) is 1.95. The molecule has 2 bridgehead atoms. The molecule has 5 heterocycles. The van der Waals surface area contributed by atoms with Crippen molar-refractivity contribution in [3.05, 3.63) is 28.8 Å². The van der Waals surface area contributed by atoms with E-state index in [1.807, 2.05) is 24.7 Å². The molecular formula is C19H19ClFN9O. The average molecular weight is 444 g/mol. The van der Waals surface area contributed by atoms with Crippen LogP contribution in [-0.4, -0.2) is 52.1 Å². The van der Waals surface area contributed by atoms with Gasteiger partial charge in [-0.3, -0.25) is 4.68 Å². The molecule has 0 saturated heterocycles. The van der Waals surface area contributed by atoms with Crippen LogP contribution in [0.25, 0.3) is 16.9 Å². The largest absolute Gasteiger partial charge is 0.472 e. The molecule has 4 aromatic heterocycles. The quantitative estimate of drug-likeness (QED) is 0.508. The molecule has 0 spiro atoms. The second-order valence-corrected chi connectivity index (χ2v) is 8.31. The number of anilines is 2. The number of nitrogens with zero attached hydrogens (tertiary/aromatic N) is 8. The Morgan fingerprint density at radius 3 is 2.84 bits per heavy atom. The molecule has 4 aromatic rings. The Hall–Kier alpha value is -3.21. The van der Waals surface area contributed by atoms with Crippen molar-refractivity contribution in [2.24, 2.45) is 7.05 Å². The van der Waals surface area contributed by atoms with Crippen LogP contribution in [0.1, 0.15) is 30.1 Å². The molecule has 2 aliphatic rings. The van der Waals surface area contributed by atoms with Gasteiger partial charge in [0.25, 0.3) is 5.88 Å². The normalized spacial score (nSPS) is 18.5. The Labute approximate surface area is 181 Å². The fourth-order valence-electron chi connectivity index (χ4n) is 3.96. The van der Waals surface area contributed by atoms with Crippen LogP contribution in [0.4, 0.5) is 16.0 Å². The first-order valence-electron chi connectivity index (χ1n) is 10.0. The Morgan fingerprint density at radius 2 is 2.10 bits per heavy atom. The predicted molar refractivity (Wildman–Crippen MR) is 111 cm³/mol. The zero-order valence-corrected chi connectivity index (χ0v) is 17.6. The molecule has 0 aromatic carbocycles. The zero-order chi connectivity index (χ0) is 21.3. The molecule has 1 N–H and O–H groups in total. The minimum absolute atomic E-state index is 0.0356. The van der Waals surface area contributed by atoms with Crippen molar-refractivity contribution in [3.8, 4) is 11.7 Å². The van der Waals surface area contributed by atoms with Crippen molar-refractivity contribution in [2.75, 3.05) is 11.9 Å². The first-order valence-corrected chi connectivity index (χ1v) is 10.4. The van der Waals surface area contributed by atoms with Crippen LogP contribution in [0.5, 0.6) is 5.88 Å². The number of hydrogen-bond acceptors (Lipinski definition) is 7. The lowest BCUT2D eigenvalue weighted by Crippen LogP contribution is -2.20. The van der Waals surface area contributed by atoms with Gasteiger partial charge in [-0.2, -0.15) is 15.2 Å². The molecule has 10 nitrogen and oxygen atoms in total. The van der Waals surface area contributed by atoms with Gasteiger partial charge in [0, 0.05) is 25.2 Å². The molecule has 1 aliphatic carbocycles. The van der Waals surface area contributed by atoms with Gasteiger partial charge >= 0.3 is 0 Å². The maximum atomic E-state index is 14.8. The highest BCUT2D eigenvalue weighted by Gasteiger charge is 2.35. The van der Waals surface area contributed by atoms with Gasteiger partial charge in [-0.15, -0.1) is 5.10 Å². The predicted octanol–water partition coefficient (Wildman–Crippen LogP) is 3.06. The van der Waals surface area contributed by atoms with Crippen LogP contribution in [0.3, 0.4) is 0 Å². The van der Waals surface area contributed by atoms with E-state index in [1.165, 1.54) is 4.68 Å². The number of hydrogen-bond donors (Lipinski definition) is 1. The Kier molecular flexibility index (Phi) is 3.98. The molecule has 12 heteroatoms. The summed E-state index contributed by atoms with van der Waals surface area (Å²) >= 11 is 6.18. The Morgan fingerprint density at radius 1 is 1.26 bits per heavy atom. The van der Waals surface area contributed by atoms with Crippen molar-refractivity contribution >= 4 is 34.3 Å². The first kappa shape index (κ1) is 18.6. The van der Waals surface area contributed by atoms with Crippen LogP contribution < -0.4 is 10.1 Å². The van der Waals surface area contributed by atoms with Crippen molar-refractivity contribution in [2.45, 2.75) is 38.4 Å². The molecule has 160 valence electrons. The van der Waals surface area contributed by atoms with Gasteiger partial charge in [0.05, 0.1) is 23.3 Å². The summed E-state index contributed by atoms with van der Waals surface area (Å²) in [5, 5.41) is 17.4. The van der Waals surface area contributed by atoms with E-state index in [-0.39, 0.29) is 18.3 Å². The highest BCUT2D eigenvalue weighted by atomic mass is 35.5. The van der Waals surface area contributed by atoms with Crippen molar-refractivity contribution in [3.63, 3.8) is 0 Å². The van der Waals surface area contributed by atoms with E-state index in [0.29, 0.717) is 34.5 Å². The lowest BCUT2D eigenvalue weighted by atomic mass is 10.2. The summed E-state index contributed by atoms with van der Waals surface area (Å²) in [5.41, 5.74) is 2.94. The second kappa shape index (κ2) is 6.64. The first-order chi connectivity index (χ1) is 15.0. The average Bonchev–Trinajstić information content (AvgIpc) is 3.34. The number of aromatic nitrogens is 8. The van der Waals surface area contributed by atoms with E-state index in [0.717, 1.165) is 30.0 Å². The lowest BCUT2D eigenvalue weighted by Gasteiger charge is -2.10. The van der Waals surface area contributed by atoms with Crippen molar-refractivity contribution < 1.29 is 9.13 Å². The minimum Gasteiger partial charge on any atom is -0.472 e. The van der Waals surface area contributed by atoms with E-state index in [1.54, 1.807) is 10.9 Å². The summed E-state index contributed by atoms with van der Waals surface area (Å²) in [4.78, 5) is 8.94. The van der Waals surface area contributed by atoms with Gasteiger partial charge in [0.1, 0.15) is 12.3 Å². The molecular weight excluding hydrogens is 425 g/mol. The smallest absolute Gasteiger partial charge is 0.257 e. The van der Waals surface area contributed by atoms with Crippen LogP contribution in [0.2, 0.25) is 5.15 Å². The fourth-order valence-corrected chi connectivity index (χ4v) is 4.19. The van der Waals surface area contributed by atoms with Crippen molar-refractivity contribution in [1.82, 2.24) is 39.3 Å². The monoisotopic (exact) mass is 443 g/mol. The van der Waals surface area contributed by atoms with E-state index >= 15 is 0 Å². The number of fused-ring (bicyclic) bond motifs is 2. The third kappa shape index (κ3) is 3.02. The van der Waals surface area contributed by atoms with E-state index < -0.39 is 6.17 Å². The fraction of sp³-hybridized carbons (Fsp3) is 0.421. The van der Waals surface area contributed by atoms with Gasteiger partial charge in [-0.05, 0) is 19.8 Å². The van der Waals surface area contributed by atoms with Gasteiger partial charge in [-0.25, -0.2) is 18.7 Å². The SMILES string of the molecule is Cc1cc(-n2nc3c(c2C2CC2)Nc2ncc4c(Cl)nn(c4n2)C[C@@H](F)CO3)n(C)n1. The minimum atomic E-state index is -1.32. The van der Waals surface area contributed by atoms with E-state index in [2.05, 4.69) is 30.6 Å². The molecule has 0 amide bonds. The molecule has 1 fully saturated rings. The van der Waals surface area contributed by atoms with Crippen LogP contribution >= 0.6 is 11.6 Å². The number of ether oxygens (including phenoxy) is 1. The summed E-state index contributed by atoms with van der Waals surface area (Å²) in [5.74, 6) is 1.76. The summed E-state index contributed by atoms with van der Waals surface area (Å²) in [6.45, 7) is 1.71. The third-order valence-electron chi connectivity index (χ3n) is 5.50. The van der Waals surface area contributed by atoms with E-state index in [9.17, 15) is 4.39 Å². The molecule has 1 atom stereocenters. The topological polar surface area (TPSA) is 101 Å². The van der Waals surface area contributed by atoms with Crippen LogP contribution in [-0.2, 0) is 13.6 Å². The molecule has 1 aliphatic heterocycles. The number of nitrogens with one attached hydrogen (secondary N) is 1. The van der Waals surface area contributed by atoms with E-state index in [4.69, 9.17) is 16.3 Å². The zero-order valence-electron chi connectivity index (χ0n) is 16.9. The Balaban J connectivity index is 1.55. The van der Waals surface area contributed by atoms with Gasteiger partial charge in [0.15, 0.2) is 22.8 Å². The molecule has 6 rings (SSSR count). The van der Waals surface area contributed by atoms with Gasteiger partial charge < -0.3 is 10.1 Å². The number of aryl methyl sites for hydroxylation is 2. The maximum absolute atomic E-state index is 14.8. The summed E-state index contributed by atoms with van der Waals surface area (Å²) in [7, 11) is 1.87. The molecule has 1 saturated carbocycles. The summed E-state index contributed by atoms with van der Waals surface area (Å²) < 4.78 is 25.7. The second-order valence-electron chi connectivity index (χ2n) is 7.96. The number of rotatable bonds is 2. The number of halogens is 2. The lowest BCUT2D eigenvalue weighted by molar-refractivity contribution is 0.171. The highest BCUT2D eigenvalue weighted by molar-refractivity contribution is 6.34. The van der Waals surface area contributed by atoms with Crippen LogP contribution in [0.15, 0.2) is 12.3 Å². The summed E-state index contributed by atoms with van der Waals surface area (Å²) in [6.07, 6.45) is 2.33. The molecule has 31 heavy (non-hydrogen) atoms. The highest BCUT2D eigenvalue weighted by Crippen LogP contribution is 2.48. The van der Waals surface area contributed by atoms with Gasteiger partial charge in [0.2, 0.25) is 5.95 Å². The molecule has 0 unspecified atom stereocenters. The number of alkyl halides is 1. The standard InChI is InChI=1S/C19H19ClFN9O/c1-9-5-13(28(2)25-9)30-15(10-3-4-10)14-18(27-30)31-8-11(21)7-29-17-12(16(20)26-29)6-22-19(23-14)24-17/h5-6,10-11H,3-4,7-8H2,1-2H3,(H,22,23,24)/t11-/m1/s1. The van der Waals surface area contributed by atoms with Crippen LogP contribution in [0, 0.1) is 6.92 Å². The third-order valence-corrected chi connectivity index (χ3v) is 5.78. The Bertz CT molecular complexity index is 1320. The van der Waals surface area contributed by atoms with Gasteiger partial charge in [-0.1, -0.05) is 11.6 Å². The maximum Gasteiger partial charge on any atom is 0.257 e. The van der Waals surface area contributed by atoms with Crippen molar-refractivity contribution in [1.29, 1.82) is 0 Å². The molecule has 0 radical (unpaired) electrons.